The summed E-state index contributed by atoms with van der Waals surface area (Å²) in [5, 5.41) is 0. The Balaban J connectivity index is 0.000000258. The van der Waals surface area contributed by atoms with Crippen LogP contribution in [0.5, 0.6) is 0 Å². The minimum Gasteiger partial charge on any atom is -0.381 e. The Labute approximate surface area is 244 Å². The van der Waals surface area contributed by atoms with Crippen LogP contribution < -0.4 is 0 Å². The van der Waals surface area contributed by atoms with Crippen molar-refractivity contribution in [2.45, 2.75) is 37.5 Å². The fourth-order valence-electron chi connectivity index (χ4n) is 4.69. The molecule has 0 unspecified atom stereocenters. The van der Waals surface area contributed by atoms with Gasteiger partial charge in [-0.25, -0.2) is 0 Å². The van der Waals surface area contributed by atoms with Gasteiger partial charge in [-0.3, -0.25) is 0 Å². The van der Waals surface area contributed by atoms with Crippen LogP contribution in [-0.4, -0.2) is 64.2 Å². The molecule has 4 fully saturated rings. The summed E-state index contributed by atoms with van der Waals surface area (Å²) in [5.41, 5.74) is 2.72. The Bertz CT molecular complexity index is 678. The third-order valence-corrected chi connectivity index (χ3v) is 6.40. The summed E-state index contributed by atoms with van der Waals surface area (Å²) >= 11 is 0. The molecule has 10 radical (unpaired) electrons. The van der Waals surface area contributed by atoms with Crippen LogP contribution in [0.2, 0.25) is 0 Å². The smallest absolute Gasteiger partial charge is 0.381 e. The second-order valence-corrected chi connectivity index (χ2v) is 8.85. The molecular formula is C32H36CaO2+2. The molecule has 2 aliphatic carbocycles. The van der Waals surface area contributed by atoms with Crippen molar-refractivity contribution in [3.05, 3.63) is 135 Å². The summed E-state index contributed by atoms with van der Waals surface area (Å²) in [6, 6.07) is 21.7. The molecule has 2 heterocycles. The zero-order valence-corrected chi connectivity index (χ0v) is 22.9. The van der Waals surface area contributed by atoms with Crippen molar-refractivity contribution < 1.29 is 9.47 Å². The second-order valence-electron chi connectivity index (χ2n) is 8.85. The van der Waals surface area contributed by atoms with Gasteiger partial charge in [-0.2, -0.15) is 0 Å². The quantitative estimate of drug-likeness (QED) is 0.439. The third kappa shape index (κ3) is 9.46. The van der Waals surface area contributed by atoms with E-state index in [0.29, 0.717) is 11.8 Å². The van der Waals surface area contributed by atoms with Gasteiger partial charge in [0.25, 0.3) is 0 Å². The molecule has 4 aliphatic rings. The van der Waals surface area contributed by atoms with E-state index in [2.05, 4.69) is 112 Å². The average molecular weight is 493 g/mol. The number of ether oxygens (including phenoxy) is 2. The molecule has 0 amide bonds. The van der Waals surface area contributed by atoms with Gasteiger partial charge in [0.05, 0.1) is 0 Å². The molecule has 2 aromatic rings. The Morgan fingerprint density at radius 2 is 0.771 bits per heavy atom. The fourth-order valence-corrected chi connectivity index (χ4v) is 4.69. The molecule has 2 saturated heterocycles. The molecule has 2 saturated carbocycles. The van der Waals surface area contributed by atoms with Crippen LogP contribution in [0, 0.1) is 63.2 Å². The maximum atomic E-state index is 4.94. The molecular weight excluding hydrogens is 456 g/mol. The molecule has 0 spiro atoms. The van der Waals surface area contributed by atoms with E-state index in [1.54, 1.807) is 0 Å². The van der Waals surface area contributed by atoms with E-state index in [1.165, 1.54) is 48.6 Å². The van der Waals surface area contributed by atoms with Crippen molar-refractivity contribution >= 4 is 37.7 Å². The van der Waals surface area contributed by atoms with E-state index in [0.717, 1.165) is 26.4 Å². The Morgan fingerprint density at radius 3 is 1.03 bits per heavy atom. The Hall–Kier alpha value is -0.380. The van der Waals surface area contributed by atoms with Crippen molar-refractivity contribution in [2.24, 2.45) is 0 Å². The number of hydrogen-bond acceptors (Lipinski definition) is 2. The number of rotatable bonds is 5. The molecule has 2 nitrogen and oxygen atoms in total. The van der Waals surface area contributed by atoms with Gasteiger partial charge in [0, 0.05) is 26.4 Å². The van der Waals surface area contributed by atoms with Gasteiger partial charge >= 0.3 is 37.7 Å². The van der Waals surface area contributed by atoms with Crippen molar-refractivity contribution in [3.8, 4) is 0 Å². The first-order chi connectivity index (χ1) is 16.9. The van der Waals surface area contributed by atoms with Gasteiger partial charge < -0.3 is 9.47 Å². The SMILES string of the molecule is C1CCOC1.C1CCOC1.[CH]1[CH][CH][C]([C@H](c2ccccc2)[C@@H]([C]2[CH][CH][CH][CH]2)c2ccccc2)[CH]1.[Ca+2]. The summed E-state index contributed by atoms with van der Waals surface area (Å²) in [7, 11) is 0. The minimum atomic E-state index is 0. The van der Waals surface area contributed by atoms with E-state index in [4.69, 9.17) is 9.47 Å². The van der Waals surface area contributed by atoms with Crippen LogP contribution in [-0.2, 0) is 9.47 Å². The van der Waals surface area contributed by atoms with Crippen LogP contribution in [0.25, 0.3) is 0 Å². The fraction of sp³-hybridized carbons (Fsp3) is 0.312. The van der Waals surface area contributed by atoms with Gasteiger partial charge in [0.15, 0.2) is 0 Å². The number of benzene rings is 2. The van der Waals surface area contributed by atoms with E-state index < -0.39 is 0 Å². The standard InChI is InChI=1S/C24H20.2C4H8O.Ca/c1-3-11-19(12-4-1)23(21-15-7-8-16-21)24(22-17-9-10-18-22)20-13-5-2-6-14-20;2*1-2-4-5-3-1;/h1-18,23-24H;2*1-4H2;/q;;;+2/t23-,24+;;;. The second kappa shape index (κ2) is 17.2. The summed E-state index contributed by atoms with van der Waals surface area (Å²) in [6.07, 6.45) is 22.6. The zero-order valence-electron chi connectivity index (χ0n) is 20.7. The molecule has 2 atom stereocenters. The summed E-state index contributed by atoms with van der Waals surface area (Å²) in [4.78, 5) is 0. The molecule has 6 rings (SSSR count). The predicted molar refractivity (Wildman–Crippen MR) is 145 cm³/mol. The molecule has 0 N–H and O–H groups in total. The van der Waals surface area contributed by atoms with Crippen LogP contribution in [0.3, 0.4) is 0 Å². The molecule has 0 aromatic heterocycles. The topological polar surface area (TPSA) is 18.5 Å². The van der Waals surface area contributed by atoms with Gasteiger partial charge in [-0.05, 0) is 112 Å². The Kier molecular flexibility index (Phi) is 14.3. The molecule has 2 aliphatic heterocycles. The number of hydrogen-bond donors (Lipinski definition) is 0. The van der Waals surface area contributed by atoms with Gasteiger partial charge in [0.2, 0.25) is 0 Å². The van der Waals surface area contributed by atoms with Crippen LogP contribution in [0.1, 0.15) is 48.6 Å². The molecule has 0 bridgehead atoms. The predicted octanol–water partition coefficient (Wildman–Crippen LogP) is 6.58. The maximum absolute atomic E-state index is 4.94. The van der Waals surface area contributed by atoms with E-state index in [9.17, 15) is 0 Å². The van der Waals surface area contributed by atoms with Crippen molar-refractivity contribution in [3.63, 3.8) is 0 Å². The van der Waals surface area contributed by atoms with E-state index in [1.807, 2.05) is 0 Å². The zero-order chi connectivity index (χ0) is 23.3. The average Bonchev–Trinajstić information content (AvgIpc) is 3.72. The maximum Gasteiger partial charge on any atom is 2.00 e. The first-order valence-corrected chi connectivity index (χ1v) is 12.6. The molecule has 35 heavy (non-hydrogen) atoms. The van der Waals surface area contributed by atoms with Crippen molar-refractivity contribution in [1.82, 2.24) is 0 Å². The van der Waals surface area contributed by atoms with E-state index in [-0.39, 0.29) is 37.7 Å². The van der Waals surface area contributed by atoms with Gasteiger partial charge in [-0.1, -0.05) is 60.7 Å². The first kappa shape index (κ1) is 29.2. The monoisotopic (exact) mass is 492 g/mol. The summed E-state index contributed by atoms with van der Waals surface area (Å²) < 4.78 is 9.89. The summed E-state index contributed by atoms with van der Waals surface area (Å²) in [5.74, 6) is 3.37. The molecule has 176 valence electrons. The van der Waals surface area contributed by atoms with E-state index >= 15 is 0 Å². The van der Waals surface area contributed by atoms with Gasteiger partial charge in [-0.15, -0.1) is 0 Å². The van der Waals surface area contributed by atoms with Crippen molar-refractivity contribution in [2.75, 3.05) is 26.4 Å². The minimum absolute atomic E-state index is 0. The van der Waals surface area contributed by atoms with Crippen LogP contribution in [0.15, 0.2) is 60.7 Å². The third-order valence-electron chi connectivity index (χ3n) is 6.40. The molecule has 3 heteroatoms. The van der Waals surface area contributed by atoms with Crippen LogP contribution in [0.4, 0.5) is 0 Å². The Morgan fingerprint density at radius 1 is 0.457 bits per heavy atom. The normalized spacial score (nSPS) is 21.8. The van der Waals surface area contributed by atoms with Gasteiger partial charge in [0.1, 0.15) is 0 Å². The summed E-state index contributed by atoms with van der Waals surface area (Å²) in [6.45, 7) is 4.00. The van der Waals surface area contributed by atoms with Crippen LogP contribution >= 0.6 is 0 Å². The first-order valence-electron chi connectivity index (χ1n) is 12.6. The molecule has 2 aromatic carbocycles. The van der Waals surface area contributed by atoms with Crippen molar-refractivity contribution in [1.29, 1.82) is 0 Å². The largest absolute Gasteiger partial charge is 2.00 e.